The molecular weight excluding hydrogens is 284 g/mol. The van der Waals surface area contributed by atoms with E-state index in [0.29, 0.717) is 0 Å². The minimum atomic E-state index is -2.48. The smallest absolute Gasteiger partial charge is 0.408 e. The van der Waals surface area contributed by atoms with Crippen LogP contribution in [0.15, 0.2) is 30.3 Å². The number of hydrogen-bond acceptors (Lipinski definition) is 3. The van der Waals surface area contributed by atoms with Crippen LogP contribution in [0.4, 0.5) is 13.6 Å². The molecule has 0 saturated heterocycles. The van der Waals surface area contributed by atoms with Crippen molar-refractivity contribution in [2.75, 3.05) is 0 Å². The Morgan fingerprint density at radius 2 is 1.86 bits per heavy atom. The van der Waals surface area contributed by atoms with Gasteiger partial charge in [0.1, 0.15) is 12.6 Å². The molecule has 7 heteroatoms. The molecule has 1 aromatic carbocycles. The van der Waals surface area contributed by atoms with Gasteiger partial charge >= 0.3 is 12.1 Å². The summed E-state index contributed by atoms with van der Waals surface area (Å²) in [5.74, 6) is -1.28. The van der Waals surface area contributed by atoms with Crippen molar-refractivity contribution < 1.29 is 28.2 Å². The number of carbonyl (C=O) groups excluding carboxylic acids is 1. The molecule has 1 aromatic rings. The summed E-state index contributed by atoms with van der Waals surface area (Å²) in [6.07, 6.45) is -3.83. The van der Waals surface area contributed by atoms with E-state index in [1.807, 2.05) is 6.07 Å². The summed E-state index contributed by atoms with van der Waals surface area (Å²) in [5.41, 5.74) is 0.761. The number of benzene rings is 1. The molecule has 0 aliphatic carbocycles. The quantitative estimate of drug-likeness (QED) is 0.774. The van der Waals surface area contributed by atoms with E-state index in [2.05, 4.69) is 5.32 Å². The number of alkyl carbamates (subject to hydrolysis) is 1. The van der Waals surface area contributed by atoms with Crippen molar-refractivity contribution >= 4 is 12.1 Å². The van der Waals surface area contributed by atoms with E-state index in [9.17, 15) is 18.4 Å². The van der Waals surface area contributed by atoms with Gasteiger partial charge in [0.15, 0.2) is 0 Å². The molecule has 1 amide bonds. The summed E-state index contributed by atoms with van der Waals surface area (Å²) < 4.78 is 28.9. The third-order valence-electron chi connectivity index (χ3n) is 2.72. The van der Waals surface area contributed by atoms with Crippen LogP contribution in [0.2, 0.25) is 0 Å². The van der Waals surface area contributed by atoms with Gasteiger partial charge in [-0.3, -0.25) is 0 Å². The van der Waals surface area contributed by atoms with E-state index in [1.54, 1.807) is 24.3 Å². The molecule has 116 valence electrons. The molecule has 0 heterocycles. The molecule has 1 atom stereocenters. The van der Waals surface area contributed by atoms with E-state index in [-0.39, 0.29) is 19.4 Å². The lowest BCUT2D eigenvalue weighted by molar-refractivity contribution is -0.139. The first kappa shape index (κ1) is 16.9. The highest BCUT2D eigenvalue weighted by atomic mass is 19.3. The van der Waals surface area contributed by atoms with Gasteiger partial charge in [-0.2, -0.15) is 0 Å². The molecule has 0 fully saturated rings. The maximum atomic E-state index is 12.0. The highest BCUT2D eigenvalue weighted by Crippen LogP contribution is 2.08. The predicted molar refractivity (Wildman–Crippen MR) is 71.0 cm³/mol. The zero-order chi connectivity index (χ0) is 15.7. The first-order valence-electron chi connectivity index (χ1n) is 6.47. The Balaban J connectivity index is 2.36. The van der Waals surface area contributed by atoms with E-state index >= 15 is 0 Å². The Labute approximate surface area is 120 Å². The molecule has 2 N–H and O–H groups in total. The van der Waals surface area contributed by atoms with Crippen molar-refractivity contribution in [1.29, 1.82) is 0 Å². The van der Waals surface area contributed by atoms with E-state index in [0.717, 1.165) is 5.56 Å². The standard InChI is InChI=1S/C14H17F2NO4/c15-12(16)8-4-7-11(13(18)19)17-14(20)21-9-10-5-2-1-3-6-10/h1-3,5-6,11-12H,4,7-9H2,(H,17,20)(H,18,19). The van der Waals surface area contributed by atoms with Crippen molar-refractivity contribution in [3.8, 4) is 0 Å². The first-order valence-corrected chi connectivity index (χ1v) is 6.47. The van der Waals surface area contributed by atoms with Crippen LogP contribution in [0.3, 0.4) is 0 Å². The second-order valence-electron chi connectivity index (χ2n) is 4.42. The number of aliphatic carboxylic acids is 1. The lowest BCUT2D eigenvalue weighted by Gasteiger charge is -2.14. The number of carboxylic acids is 1. The monoisotopic (exact) mass is 301 g/mol. The van der Waals surface area contributed by atoms with Crippen molar-refractivity contribution in [3.63, 3.8) is 0 Å². The van der Waals surface area contributed by atoms with Gasteiger partial charge in [0.25, 0.3) is 0 Å². The van der Waals surface area contributed by atoms with Gasteiger partial charge < -0.3 is 15.2 Å². The number of hydrogen-bond donors (Lipinski definition) is 2. The number of halogens is 2. The largest absolute Gasteiger partial charge is 0.480 e. The number of rotatable bonds is 8. The lowest BCUT2D eigenvalue weighted by Crippen LogP contribution is -2.41. The number of amides is 1. The van der Waals surface area contributed by atoms with Crippen LogP contribution >= 0.6 is 0 Å². The molecule has 0 radical (unpaired) electrons. The molecule has 0 aromatic heterocycles. The van der Waals surface area contributed by atoms with Crippen molar-refractivity contribution in [2.45, 2.75) is 38.3 Å². The van der Waals surface area contributed by atoms with E-state index < -0.39 is 31.0 Å². The zero-order valence-electron chi connectivity index (χ0n) is 11.3. The minimum absolute atomic E-state index is 0.00754. The van der Waals surface area contributed by atoms with Crippen molar-refractivity contribution in [3.05, 3.63) is 35.9 Å². The summed E-state index contributed by atoms with van der Waals surface area (Å²) in [5, 5.41) is 11.1. The maximum absolute atomic E-state index is 12.0. The number of alkyl halides is 2. The Morgan fingerprint density at radius 1 is 1.19 bits per heavy atom. The molecule has 0 saturated carbocycles. The topological polar surface area (TPSA) is 75.6 Å². The average molecular weight is 301 g/mol. The Kier molecular flexibility index (Phi) is 7.14. The van der Waals surface area contributed by atoms with Crippen LogP contribution in [-0.2, 0) is 16.1 Å². The van der Waals surface area contributed by atoms with Crippen molar-refractivity contribution in [1.82, 2.24) is 5.32 Å². The van der Waals surface area contributed by atoms with E-state index in [4.69, 9.17) is 9.84 Å². The molecule has 0 aliphatic rings. The normalized spacial score (nSPS) is 12.0. The number of ether oxygens (including phenoxy) is 1. The second kappa shape index (κ2) is 8.89. The third-order valence-corrected chi connectivity index (χ3v) is 2.72. The van der Waals surface area contributed by atoms with Gasteiger partial charge in [-0.1, -0.05) is 30.3 Å². The molecule has 0 spiro atoms. The summed E-state index contributed by atoms with van der Waals surface area (Å²) in [4.78, 5) is 22.4. The van der Waals surface area contributed by atoms with Crippen LogP contribution < -0.4 is 5.32 Å². The van der Waals surface area contributed by atoms with Gasteiger partial charge in [0, 0.05) is 6.42 Å². The summed E-state index contributed by atoms with van der Waals surface area (Å²) in [7, 11) is 0. The van der Waals surface area contributed by atoms with Crippen LogP contribution in [0.5, 0.6) is 0 Å². The third kappa shape index (κ3) is 7.24. The maximum Gasteiger partial charge on any atom is 0.408 e. The number of carbonyl (C=O) groups is 2. The fourth-order valence-corrected chi connectivity index (χ4v) is 1.64. The van der Waals surface area contributed by atoms with Crippen LogP contribution in [-0.4, -0.2) is 29.6 Å². The van der Waals surface area contributed by atoms with Gasteiger partial charge in [-0.25, -0.2) is 18.4 Å². The van der Waals surface area contributed by atoms with Gasteiger partial charge in [-0.15, -0.1) is 0 Å². The van der Waals surface area contributed by atoms with Gasteiger partial charge in [0.2, 0.25) is 6.43 Å². The Bertz CT molecular complexity index is 454. The fourth-order valence-electron chi connectivity index (χ4n) is 1.64. The first-order chi connectivity index (χ1) is 9.99. The Hall–Kier alpha value is -2.18. The highest BCUT2D eigenvalue weighted by Gasteiger charge is 2.20. The average Bonchev–Trinajstić information content (AvgIpc) is 2.44. The number of carboxylic acid groups (broad SMARTS) is 1. The summed E-state index contributed by atoms with van der Waals surface area (Å²) >= 11 is 0. The fraction of sp³-hybridized carbons (Fsp3) is 0.429. The lowest BCUT2D eigenvalue weighted by atomic mass is 10.1. The highest BCUT2D eigenvalue weighted by molar-refractivity contribution is 5.79. The molecule has 1 rings (SSSR count). The van der Waals surface area contributed by atoms with E-state index in [1.165, 1.54) is 0 Å². The van der Waals surface area contributed by atoms with Crippen molar-refractivity contribution in [2.24, 2.45) is 0 Å². The number of nitrogens with one attached hydrogen (secondary N) is 1. The second-order valence-corrected chi connectivity index (χ2v) is 4.42. The summed E-state index contributed by atoms with van der Waals surface area (Å²) in [6, 6.07) is 7.65. The molecule has 0 bridgehead atoms. The van der Waals surface area contributed by atoms with Crippen LogP contribution in [0, 0.1) is 0 Å². The SMILES string of the molecule is O=C(NC(CCCC(F)F)C(=O)O)OCc1ccccc1. The molecule has 21 heavy (non-hydrogen) atoms. The Morgan fingerprint density at radius 3 is 2.43 bits per heavy atom. The van der Waals surface area contributed by atoms with Crippen LogP contribution in [0.25, 0.3) is 0 Å². The minimum Gasteiger partial charge on any atom is -0.480 e. The van der Waals surface area contributed by atoms with Gasteiger partial charge in [0.05, 0.1) is 0 Å². The van der Waals surface area contributed by atoms with Gasteiger partial charge in [-0.05, 0) is 18.4 Å². The zero-order valence-corrected chi connectivity index (χ0v) is 11.3. The molecule has 0 aliphatic heterocycles. The summed E-state index contributed by atoms with van der Waals surface area (Å²) in [6.45, 7) is 0.00997. The molecular formula is C14H17F2NO4. The molecule has 1 unspecified atom stereocenters. The van der Waals surface area contributed by atoms with Crippen LogP contribution in [0.1, 0.15) is 24.8 Å². The predicted octanol–water partition coefficient (Wildman–Crippen LogP) is 2.80. The molecule has 5 nitrogen and oxygen atoms in total.